The molecule has 0 atom stereocenters. The third-order valence-electron chi connectivity index (χ3n) is 5.23. The zero-order valence-electron chi connectivity index (χ0n) is 14.1. The van der Waals surface area contributed by atoms with Crippen LogP contribution < -0.4 is 4.90 Å². The van der Waals surface area contributed by atoms with E-state index >= 15 is 0 Å². The van der Waals surface area contributed by atoms with E-state index in [0.29, 0.717) is 25.9 Å². The summed E-state index contributed by atoms with van der Waals surface area (Å²) in [5.41, 5.74) is 0.277. The van der Waals surface area contributed by atoms with Crippen molar-refractivity contribution in [3.8, 4) is 0 Å². The molecule has 3 aromatic heterocycles. The standard InChI is InChI=1S/C17H19N5O2S/c1-11-12(2)25-15-13(11)14(19-9-20-15)21-6-3-17(4-7-21,16(23)24)22-8-5-18-10-22/h5,8-10H,3-4,6-7H2,1-2H3,(H,23,24). The lowest BCUT2D eigenvalue weighted by molar-refractivity contribution is -0.148. The van der Waals surface area contributed by atoms with E-state index in [2.05, 4.69) is 33.7 Å². The first-order chi connectivity index (χ1) is 12.0. The van der Waals surface area contributed by atoms with Gasteiger partial charge in [0.1, 0.15) is 22.5 Å². The van der Waals surface area contributed by atoms with Crippen molar-refractivity contribution in [3.63, 3.8) is 0 Å². The SMILES string of the molecule is Cc1sc2ncnc(N3CCC(C(=O)O)(n4ccnc4)CC3)c2c1C. The number of fused-ring (bicyclic) bond motifs is 1. The number of aromatic nitrogens is 4. The fourth-order valence-electron chi connectivity index (χ4n) is 3.59. The molecule has 1 saturated heterocycles. The van der Waals surface area contributed by atoms with Gasteiger partial charge in [-0.1, -0.05) is 0 Å². The van der Waals surface area contributed by atoms with Crippen molar-refractivity contribution in [1.82, 2.24) is 19.5 Å². The minimum atomic E-state index is -0.932. The van der Waals surface area contributed by atoms with Crippen molar-refractivity contribution >= 4 is 33.3 Å². The van der Waals surface area contributed by atoms with Crippen molar-refractivity contribution in [2.45, 2.75) is 32.2 Å². The number of aryl methyl sites for hydroxylation is 2. The van der Waals surface area contributed by atoms with Gasteiger partial charge in [-0.2, -0.15) is 0 Å². The van der Waals surface area contributed by atoms with Crippen molar-refractivity contribution < 1.29 is 9.90 Å². The molecule has 0 saturated carbocycles. The van der Waals surface area contributed by atoms with Gasteiger partial charge in [-0.15, -0.1) is 11.3 Å². The number of hydrogen-bond acceptors (Lipinski definition) is 6. The zero-order chi connectivity index (χ0) is 17.6. The number of piperidine rings is 1. The molecule has 1 fully saturated rings. The van der Waals surface area contributed by atoms with Gasteiger partial charge in [0.25, 0.3) is 0 Å². The number of hydrogen-bond donors (Lipinski definition) is 1. The van der Waals surface area contributed by atoms with Crippen LogP contribution in [-0.2, 0) is 10.3 Å². The second kappa shape index (κ2) is 5.80. The van der Waals surface area contributed by atoms with Crippen LogP contribution in [0.2, 0.25) is 0 Å². The third-order valence-corrected chi connectivity index (χ3v) is 6.35. The number of carboxylic acid groups (broad SMARTS) is 1. The van der Waals surface area contributed by atoms with Crippen LogP contribution in [0.15, 0.2) is 25.0 Å². The predicted octanol–water partition coefficient (Wildman–Crippen LogP) is 2.58. The van der Waals surface area contributed by atoms with Gasteiger partial charge in [0.15, 0.2) is 0 Å². The highest BCUT2D eigenvalue weighted by Crippen LogP contribution is 2.37. The van der Waals surface area contributed by atoms with Crippen LogP contribution in [0.3, 0.4) is 0 Å². The van der Waals surface area contributed by atoms with Crippen molar-refractivity contribution in [3.05, 3.63) is 35.5 Å². The Balaban J connectivity index is 1.68. The minimum absolute atomic E-state index is 0.506. The molecule has 0 aromatic carbocycles. The summed E-state index contributed by atoms with van der Waals surface area (Å²) in [5, 5.41) is 10.9. The molecule has 130 valence electrons. The summed E-state index contributed by atoms with van der Waals surface area (Å²) in [4.78, 5) is 29.3. The molecular weight excluding hydrogens is 338 g/mol. The van der Waals surface area contributed by atoms with E-state index in [1.807, 2.05) is 0 Å². The van der Waals surface area contributed by atoms with Crippen molar-refractivity contribution in [1.29, 1.82) is 0 Å². The number of aliphatic carboxylic acids is 1. The van der Waals surface area contributed by atoms with E-state index in [-0.39, 0.29) is 0 Å². The van der Waals surface area contributed by atoms with Crippen LogP contribution in [0.5, 0.6) is 0 Å². The minimum Gasteiger partial charge on any atom is -0.479 e. The Morgan fingerprint density at radius 3 is 2.68 bits per heavy atom. The third kappa shape index (κ3) is 2.39. The van der Waals surface area contributed by atoms with E-state index in [1.165, 1.54) is 10.4 Å². The number of thiophene rings is 1. The Morgan fingerprint density at radius 2 is 2.04 bits per heavy atom. The predicted molar refractivity (Wildman–Crippen MR) is 96.2 cm³/mol. The van der Waals surface area contributed by atoms with Crippen molar-refractivity contribution in [2.24, 2.45) is 0 Å². The normalized spacial score (nSPS) is 17.1. The van der Waals surface area contributed by atoms with E-state index in [1.54, 1.807) is 41.0 Å². The van der Waals surface area contributed by atoms with Crippen LogP contribution in [0.1, 0.15) is 23.3 Å². The van der Waals surface area contributed by atoms with E-state index < -0.39 is 11.5 Å². The van der Waals surface area contributed by atoms with Crippen LogP contribution in [0, 0.1) is 13.8 Å². The van der Waals surface area contributed by atoms with E-state index in [0.717, 1.165) is 16.0 Å². The largest absolute Gasteiger partial charge is 0.479 e. The smallest absolute Gasteiger partial charge is 0.330 e. The number of anilines is 1. The molecule has 3 aromatic rings. The summed E-state index contributed by atoms with van der Waals surface area (Å²) in [6.45, 7) is 5.45. The molecule has 4 heterocycles. The molecule has 7 nitrogen and oxygen atoms in total. The maximum absolute atomic E-state index is 12.0. The second-order valence-corrected chi connectivity index (χ2v) is 7.66. The molecule has 0 bridgehead atoms. The highest BCUT2D eigenvalue weighted by molar-refractivity contribution is 7.18. The first kappa shape index (κ1) is 16.0. The van der Waals surface area contributed by atoms with Gasteiger partial charge in [0, 0.05) is 30.4 Å². The molecule has 0 spiro atoms. The van der Waals surface area contributed by atoms with Crippen LogP contribution >= 0.6 is 11.3 Å². The molecule has 0 amide bonds. The summed E-state index contributed by atoms with van der Waals surface area (Å²) >= 11 is 1.68. The Bertz CT molecular complexity index is 926. The average molecular weight is 357 g/mol. The Morgan fingerprint density at radius 1 is 1.28 bits per heavy atom. The molecule has 1 N–H and O–H groups in total. The fourth-order valence-corrected chi connectivity index (χ4v) is 4.58. The quantitative estimate of drug-likeness (QED) is 0.776. The van der Waals surface area contributed by atoms with Gasteiger partial charge in [-0.25, -0.2) is 19.7 Å². The van der Waals surface area contributed by atoms with Gasteiger partial charge >= 0.3 is 5.97 Å². The van der Waals surface area contributed by atoms with Crippen molar-refractivity contribution in [2.75, 3.05) is 18.0 Å². The van der Waals surface area contributed by atoms with Gasteiger partial charge in [-0.3, -0.25) is 0 Å². The summed E-state index contributed by atoms with van der Waals surface area (Å²) in [5.74, 6) is 0.108. The number of carboxylic acids is 1. The van der Waals surface area contributed by atoms with Crippen LogP contribution in [0.4, 0.5) is 5.82 Å². The van der Waals surface area contributed by atoms with Gasteiger partial charge in [-0.05, 0) is 32.3 Å². The molecule has 25 heavy (non-hydrogen) atoms. The molecule has 8 heteroatoms. The lowest BCUT2D eigenvalue weighted by atomic mass is 9.87. The number of carbonyl (C=O) groups is 1. The molecule has 0 unspecified atom stereocenters. The molecule has 4 rings (SSSR count). The first-order valence-electron chi connectivity index (χ1n) is 8.20. The number of nitrogens with zero attached hydrogens (tertiary/aromatic N) is 5. The summed E-state index contributed by atoms with van der Waals surface area (Å²) in [6.07, 6.45) is 7.57. The fraction of sp³-hybridized carbons (Fsp3) is 0.412. The summed E-state index contributed by atoms with van der Waals surface area (Å²) < 4.78 is 1.72. The van der Waals surface area contributed by atoms with Gasteiger partial charge in [0.05, 0.1) is 11.7 Å². The van der Waals surface area contributed by atoms with Gasteiger partial charge < -0.3 is 14.6 Å². The summed E-state index contributed by atoms with van der Waals surface area (Å²) in [7, 11) is 0. The monoisotopic (exact) mass is 357 g/mol. The van der Waals surface area contributed by atoms with Crippen LogP contribution in [0.25, 0.3) is 10.2 Å². The molecule has 1 aliphatic heterocycles. The maximum atomic E-state index is 12.0. The van der Waals surface area contributed by atoms with E-state index in [9.17, 15) is 9.90 Å². The lowest BCUT2D eigenvalue weighted by Gasteiger charge is -2.40. The van der Waals surface area contributed by atoms with E-state index in [4.69, 9.17) is 0 Å². The topological polar surface area (TPSA) is 84.1 Å². The first-order valence-corrected chi connectivity index (χ1v) is 9.02. The highest BCUT2D eigenvalue weighted by atomic mass is 32.1. The maximum Gasteiger partial charge on any atom is 0.330 e. The molecular formula is C17H19N5O2S. The zero-order valence-corrected chi connectivity index (χ0v) is 15.0. The Hall–Kier alpha value is -2.48. The summed E-state index contributed by atoms with van der Waals surface area (Å²) in [6, 6.07) is 0. The van der Waals surface area contributed by atoms with Crippen LogP contribution in [-0.4, -0.2) is 43.7 Å². The average Bonchev–Trinajstić information content (AvgIpc) is 3.24. The number of rotatable bonds is 3. The lowest BCUT2D eigenvalue weighted by Crippen LogP contribution is -2.51. The molecule has 0 aliphatic carbocycles. The number of imidazole rings is 1. The highest BCUT2D eigenvalue weighted by Gasteiger charge is 2.43. The second-order valence-electron chi connectivity index (χ2n) is 6.45. The molecule has 1 aliphatic rings. The molecule has 0 radical (unpaired) electrons. The Kier molecular flexibility index (Phi) is 3.72. The van der Waals surface area contributed by atoms with Gasteiger partial charge in [0.2, 0.25) is 0 Å². The Labute approximate surface area is 149 Å².